The molecule has 4 heteroatoms. The van der Waals surface area contributed by atoms with Crippen molar-refractivity contribution in [1.29, 1.82) is 0 Å². The third kappa shape index (κ3) is 7.20. The van der Waals surface area contributed by atoms with Crippen LogP contribution in [0.1, 0.15) is 0 Å². The Bertz CT molecular complexity index is 3350. The smallest absolute Gasteiger partial charge is 0.160 e. The quantitative estimate of drug-likeness (QED) is 0.144. The van der Waals surface area contributed by atoms with Crippen molar-refractivity contribution in [3.8, 4) is 89.8 Å². The first-order chi connectivity index (χ1) is 30.7. The summed E-state index contributed by atoms with van der Waals surface area (Å²) in [5.41, 5.74) is 17.3. The Morgan fingerprint density at radius 1 is 0.226 bits per heavy atom. The van der Waals surface area contributed by atoms with Gasteiger partial charge in [0.05, 0.1) is 33.8 Å². The summed E-state index contributed by atoms with van der Waals surface area (Å²) in [6.07, 6.45) is 0. The van der Waals surface area contributed by atoms with Crippen molar-refractivity contribution >= 4 is 21.8 Å². The summed E-state index contributed by atoms with van der Waals surface area (Å²) in [6, 6.07) is 80.3. The van der Waals surface area contributed by atoms with E-state index < -0.39 is 0 Å². The van der Waals surface area contributed by atoms with Crippen molar-refractivity contribution in [3.63, 3.8) is 0 Å². The SMILES string of the molecule is c1ccc(-c2ccc(-c3cc(-c4ccccc4)nc(-c4cccc(-c5ccc(-c6ccc7ccc8c(-c9ccccc9)cc(-c9ccccc9)nc8c7n6)cc5)c4)n3)cc2)cc1. The van der Waals surface area contributed by atoms with Gasteiger partial charge in [0, 0.05) is 38.6 Å². The van der Waals surface area contributed by atoms with Crippen molar-refractivity contribution in [3.05, 3.63) is 231 Å². The summed E-state index contributed by atoms with van der Waals surface area (Å²) < 4.78 is 0. The molecule has 0 saturated carbocycles. The maximum atomic E-state index is 5.31. The lowest BCUT2D eigenvalue weighted by atomic mass is 9.96. The predicted molar refractivity (Wildman–Crippen MR) is 256 cm³/mol. The molecule has 0 amide bonds. The van der Waals surface area contributed by atoms with E-state index in [0.717, 1.165) is 94.7 Å². The normalized spacial score (nSPS) is 11.2. The molecule has 4 nitrogen and oxygen atoms in total. The molecule has 290 valence electrons. The topological polar surface area (TPSA) is 51.6 Å². The Morgan fingerprint density at radius 2 is 0.645 bits per heavy atom. The van der Waals surface area contributed by atoms with Crippen LogP contribution in [-0.4, -0.2) is 19.9 Å². The van der Waals surface area contributed by atoms with Crippen molar-refractivity contribution in [2.75, 3.05) is 0 Å². The summed E-state index contributed by atoms with van der Waals surface area (Å²) in [5.74, 6) is 0.680. The van der Waals surface area contributed by atoms with E-state index in [1.54, 1.807) is 0 Å². The van der Waals surface area contributed by atoms with E-state index in [4.69, 9.17) is 19.9 Å². The Labute approximate surface area is 360 Å². The van der Waals surface area contributed by atoms with Crippen LogP contribution in [0.4, 0.5) is 0 Å². The second kappa shape index (κ2) is 16.0. The number of hydrogen-bond acceptors (Lipinski definition) is 4. The molecule has 0 spiro atoms. The number of nitrogens with zero attached hydrogens (tertiary/aromatic N) is 4. The molecule has 3 heterocycles. The molecule has 0 aliphatic heterocycles. The van der Waals surface area contributed by atoms with E-state index in [2.05, 4.69) is 200 Å². The molecule has 0 aliphatic carbocycles. The van der Waals surface area contributed by atoms with Gasteiger partial charge in [0.2, 0.25) is 0 Å². The molecule has 8 aromatic carbocycles. The van der Waals surface area contributed by atoms with Crippen LogP contribution in [0.2, 0.25) is 0 Å². The van der Waals surface area contributed by atoms with Gasteiger partial charge in [0.25, 0.3) is 0 Å². The van der Waals surface area contributed by atoms with E-state index in [9.17, 15) is 0 Å². The molecular weight excluding hydrogens is 753 g/mol. The largest absolute Gasteiger partial charge is 0.245 e. The first kappa shape index (κ1) is 36.7. The number of hydrogen-bond donors (Lipinski definition) is 0. The van der Waals surface area contributed by atoms with Gasteiger partial charge >= 0.3 is 0 Å². The molecule has 0 atom stereocenters. The van der Waals surface area contributed by atoms with Gasteiger partial charge in [0.15, 0.2) is 5.82 Å². The van der Waals surface area contributed by atoms with Crippen molar-refractivity contribution in [2.24, 2.45) is 0 Å². The highest BCUT2D eigenvalue weighted by molar-refractivity contribution is 6.09. The number of rotatable bonds is 8. The Balaban J connectivity index is 0.945. The van der Waals surface area contributed by atoms with Gasteiger partial charge < -0.3 is 0 Å². The molecule has 0 saturated heterocycles. The zero-order valence-electron chi connectivity index (χ0n) is 33.7. The third-order valence-electron chi connectivity index (χ3n) is 11.5. The minimum absolute atomic E-state index is 0.680. The Hall–Kier alpha value is -8.34. The highest BCUT2D eigenvalue weighted by Gasteiger charge is 2.15. The molecule has 11 aromatic rings. The zero-order chi connectivity index (χ0) is 41.2. The molecule has 0 aliphatic rings. The molecule has 0 fully saturated rings. The van der Waals surface area contributed by atoms with Gasteiger partial charge in [-0.2, -0.15) is 0 Å². The lowest BCUT2D eigenvalue weighted by molar-refractivity contribution is 1.18. The summed E-state index contributed by atoms with van der Waals surface area (Å²) in [5, 5.41) is 2.13. The van der Waals surface area contributed by atoms with E-state index in [0.29, 0.717) is 5.82 Å². The minimum atomic E-state index is 0.680. The van der Waals surface area contributed by atoms with Gasteiger partial charge in [-0.3, -0.25) is 0 Å². The van der Waals surface area contributed by atoms with Crippen LogP contribution in [0.15, 0.2) is 231 Å². The maximum absolute atomic E-state index is 5.31. The van der Waals surface area contributed by atoms with Gasteiger partial charge in [-0.05, 0) is 57.6 Å². The first-order valence-corrected chi connectivity index (χ1v) is 20.9. The molecule has 62 heavy (non-hydrogen) atoms. The standard InChI is InChI=1S/C58H38N4/c1-5-14-39(15-6-1)40-24-30-46(31-25-40)55-38-54(44-20-11-4-12-21-44)61-58(62-55)49-23-13-22-48(36-49)41-26-28-45(29-27-41)52-35-33-47-32-34-50-51(42-16-7-2-8-17-42)37-53(43-18-9-3-10-19-43)60-57(50)56(47)59-52/h1-38H. The van der Waals surface area contributed by atoms with Gasteiger partial charge in [-0.15, -0.1) is 0 Å². The molecule has 11 rings (SSSR count). The van der Waals surface area contributed by atoms with Crippen molar-refractivity contribution in [2.45, 2.75) is 0 Å². The van der Waals surface area contributed by atoms with E-state index in [1.807, 2.05) is 30.3 Å². The minimum Gasteiger partial charge on any atom is -0.245 e. The summed E-state index contributed by atoms with van der Waals surface area (Å²) >= 11 is 0. The van der Waals surface area contributed by atoms with Crippen molar-refractivity contribution < 1.29 is 0 Å². The lowest BCUT2D eigenvalue weighted by Crippen LogP contribution is -1.96. The van der Waals surface area contributed by atoms with Gasteiger partial charge in [-0.1, -0.05) is 206 Å². The van der Waals surface area contributed by atoms with Gasteiger partial charge in [0.1, 0.15) is 0 Å². The van der Waals surface area contributed by atoms with E-state index in [-0.39, 0.29) is 0 Å². The number of pyridine rings is 2. The molecule has 0 unspecified atom stereocenters. The van der Waals surface area contributed by atoms with Crippen LogP contribution >= 0.6 is 0 Å². The lowest BCUT2D eigenvalue weighted by Gasteiger charge is -2.13. The fraction of sp³-hybridized carbons (Fsp3) is 0. The highest BCUT2D eigenvalue weighted by atomic mass is 14.9. The second-order valence-electron chi connectivity index (χ2n) is 15.4. The predicted octanol–water partition coefficient (Wildman–Crippen LogP) is 14.9. The van der Waals surface area contributed by atoms with Crippen molar-refractivity contribution in [1.82, 2.24) is 19.9 Å². The van der Waals surface area contributed by atoms with Crippen LogP contribution in [-0.2, 0) is 0 Å². The molecule has 0 N–H and O–H groups in total. The number of benzene rings is 8. The fourth-order valence-electron chi connectivity index (χ4n) is 8.26. The van der Waals surface area contributed by atoms with Crippen LogP contribution < -0.4 is 0 Å². The van der Waals surface area contributed by atoms with E-state index in [1.165, 1.54) is 11.1 Å². The Kier molecular flexibility index (Phi) is 9.49. The molecule has 0 bridgehead atoms. The van der Waals surface area contributed by atoms with Crippen LogP contribution in [0.5, 0.6) is 0 Å². The maximum Gasteiger partial charge on any atom is 0.160 e. The highest BCUT2D eigenvalue weighted by Crippen LogP contribution is 2.37. The van der Waals surface area contributed by atoms with Crippen LogP contribution in [0, 0.1) is 0 Å². The average Bonchev–Trinajstić information content (AvgIpc) is 3.37. The summed E-state index contributed by atoms with van der Waals surface area (Å²) in [7, 11) is 0. The number of aromatic nitrogens is 4. The molecule has 0 radical (unpaired) electrons. The second-order valence-corrected chi connectivity index (χ2v) is 15.4. The number of fused-ring (bicyclic) bond motifs is 3. The van der Waals surface area contributed by atoms with Crippen LogP contribution in [0.25, 0.3) is 112 Å². The summed E-state index contributed by atoms with van der Waals surface area (Å²) in [4.78, 5) is 20.9. The van der Waals surface area contributed by atoms with Crippen LogP contribution in [0.3, 0.4) is 0 Å². The third-order valence-corrected chi connectivity index (χ3v) is 11.5. The Morgan fingerprint density at radius 3 is 1.26 bits per heavy atom. The first-order valence-electron chi connectivity index (χ1n) is 20.9. The monoisotopic (exact) mass is 790 g/mol. The summed E-state index contributed by atoms with van der Waals surface area (Å²) in [6.45, 7) is 0. The fourth-order valence-corrected chi connectivity index (χ4v) is 8.26. The zero-order valence-corrected chi connectivity index (χ0v) is 33.7. The van der Waals surface area contributed by atoms with Gasteiger partial charge in [-0.25, -0.2) is 19.9 Å². The molecule has 3 aromatic heterocycles. The van der Waals surface area contributed by atoms with E-state index >= 15 is 0 Å². The average molecular weight is 791 g/mol. The molecular formula is C58H38N4.